The van der Waals surface area contributed by atoms with Crippen LogP contribution in [0.1, 0.15) is 5.82 Å². The third-order valence-corrected chi connectivity index (χ3v) is 1.63. The van der Waals surface area contributed by atoms with Gasteiger partial charge in [0.2, 0.25) is 0 Å². The summed E-state index contributed by atoms with van der Waals surface area (Å²) in [6, 6.07) is 0. The molecule has 0 saturated carbocycles. The Bertz CT molecular complexity index is 194. The van der Waals surface area contributed by atoms with E-state index in [-0.39, 0.29) is 24.8 Å². The molecule has 7 heteroatoms. The van der Waals surface area contributed by atoms with Gasteiger partial charge in [0.1, 0.15) is 0 Å². The first-order valence-electron chi connectivity index (χ1n) is 2.49. The first-order valence-corrected chi connectivity index (χ1v) is 3.29. The molecule has 0 radical (unpaired) electrons. The Kier molecular flexibility index (Phi) is 7.20. The standard InChI is InChI=1S/C4H7BrN4.2ClH/c1-9-4(5)7-3(2-6)8-9;;/h2,6H2,1H3;2*1H. The Morgan fingerprint density at radius 1 is 1.55 bits per heavy atom. The van der Waals surface area contributed by atoms with Crippen molar-refractivity contribution in [3.8, 4) is 0 Å². The number of aryl methyl sites for hydroxylation is 1. The molecule has 0 unspecified atom stereocenters. The zero-order valence-corrected chi connectivity index (χ0v) is 9.04. The second-order valence-electron chi connectivity index (χ2n) is 1.62. The van der Waals surface area contributed by atoms with Crippen molar-refractivity contribution in [2.45, 2.75) is 6.54 Å². The van der Waals surface area contributed by atoms with Crippen LogP contribution in [0, 0.1) is 0 Å². The third kappa shape index (κ3) is 3.37. The lowest BCUT2D eigenvalue weighted by atomic mass is 10.6. The van der Waals surface area contributed by atoms with Crippen LogP contribution in [-0.4, -0.2) is 14.8 Å². The summed E-state index contributed by atoms with van der Waals surface area (Å²) in [5.74, 6) is 0.657. The third-order valence-electron chi connectivity index (χ3n) is 0.936. The van der Waals surface area contributed by atoms with Crippen molar-refractivity contribution in [3.05, 3.63) is 10.6 Å². The molecule has 0 fully saturated rings. The average Bonchev–Trinajstić information content (AvgIpc) is 2.13. The highest BCUT2D eigenvalue weighted by atomic mass is 79.9. The maximum Gasteiger partial charge on any atom is 0.195 e. The average molecular weight is 264 g/mol. The van der Waals surface area contributed by atoms with Crippen LogP contribution in [0.3, 0.4) is 0 Å². The van der Waals surface area contributed by atoms with Crippen molar-refractivity contribution in [2.24, 2.45) is 12.8 Å². The summed E-state index contributed by atoms with van der Waals surface area (Å²) in [6.45, 7) is 0.388. The summed E-state index contributed by atoms with van der Waals surface area (Å²) >= 11 is 3.19. The molecule has 0 atom stereocenters. The van der Waals surface area contributed by atoms with E-state index in [9.17, 15) is 0 Å². The van der Waals surface area contributed by atoms with Gasteiger partial charge in [-0.05, 0) is 15.9 Å². The quantitative estimate of drug-likeness (QED) is 0.819. The Hall–Kier alpha value is 0.160. The van der Waals surface area contributed by atoms with Crippen LogP contribution in [0.5, 0.6) is 0 Å². The van der Waals surface area contributed by atoms with Crippen molar-refractivity contribution in [1.29, 1.82) is 0 Å². The summed E-state index contributed by atoms with van der Waals surface area (Å²) in [7, 11) is 1.80. The van der Waals surface area contributed by atoms with Gasteiger partial charge in [-0.2, -0.15) is 5.10 Å². The Labute approximate surface area is 85.5 Å². The van der Waals surface area contributed by atoms with Crippen LogP contribution in [0.25, 0.3) is 0 Å². The molecule has 0 aliphatic carbocycles. The van der Waals surface area contributed by atoms with E-state index in [1.807, 2.05) is 0 Å². The van der Waals surface area contributed by atoms with E-state index in [1.165, 1.54) is 0 Å². The smallest absolute Gasteiger partial charge is 0.195 e. The minimum Gasteiger partial charge on any atom is -0.324 e. The summed E-state index contributed by atoms with van der Waals surface area (Å²) < 4.78 is 2.34. The molecule has 0 aliphatic rings. The van der Waals surface area contributed by atoms with Gasteiger partial charge in [0, 0.05) is 7.05 Å². The maximum atomic E-state index is 5.27. The molecule has 4 nitrogen and oxygen atoms in total. The first kappa shape index (κ1) is 13.7. The Morgan fingerprint density at radius 3 is 2.27 bits per heavy atom. The van der Waals surface area contributed by atoms with Gasteiger partial charge < -0.3 is 5.73 Å². The molecule has 11 heavy (non-hydrogen) atoms. The van der Waals surface area contributed by atoms with Gasteiger partial charge in [0.15, 0.2) is 10.6 Å². The van der Waals surface area contributed by atoms with E-state index in [0.717, 1.165) is 0 Å². The fourth-order valence-electron chi connectivity index (χ4n) is 0.502. The minimum absolute atomic E-state index is 0. The fraction of sp³-hybridized carbons (Fsp3) is 0.500. The monoisotopic (exact) mass is 262 g/mol. The number of halogens is 3. The van der Waals surface area contributed by atoms with Crippen molar-refractivity contribution < 1.29 is 0 Å². The summed E-state index contributed by atoms with van der Waals surface area (Å²) in [5.41, 5.74) is 5.27. The van der Waals surface area contributed by atoms with E-state index in [4.69, 9.17) is 5.73 Å². The van der Waals surface area contributed by atoms with Crippen LogP contribution in [0.4, 0.5) is 0 Å². The zero-order valence-electron chi connectivity index (χ0n) is 5.82. The van der Waals surface area contributed by atoms with Crippen LogP contribution in [-0.2, 0) is 13.6 Å². The van der Waals surface area contributed by atoms with E-state index >= 15 is 0 Å². The number of nitrogens with zero attached hydrogens (tertiary/aromatic N) is 3. The largest absolute Gasteiger partial charge is 0.324 e. The number of hydrogen-bond donors (Lipinski definition) is 1. The summed E-state index contributed by atoms with van der Waals surface area (Å²) in [5, 5.41) is 3.96. The molecule has 66 valence electrons. The highest BCUT2D eigenvalue weighted by Crippen LogP contribution is 2.02. The second-order valence-corrected chi connectivity index (χ2v) is 2.33. The molecular weight excluding hydrogens is 255 g/mol. The van der Waals surface area contributed by atoms with Gasteiger partial charge in [-0.3, -0.25) is 0 Å². The van der Waals surface area contributed by atoms with Crippen molar-refractivity contribution in [1.82, 2.24) is 14.8 Å². The van der Waals surface area contributed by atoms with Gasteiger partial charge in [-0.1, -0.05) is 0 Å². The highest BCUT2D eigenvalue weighted by Gasteiger charge is 1.99. The predicted octanol–water partition coefficient (Wildman–Crippen LogP) is 0.880. The molecule has 0 aliphatic heterocycles. The Balaban J connectivity index is 0. The first-order chi connectivity index (χ1) is 4.24. The molecular formula is C4H9BrCl2N4. The lowest BCUT2D eigenvalue weighted by molar-refractivity contribution is 0.728. The summed E-state index contributed by atoms with van der Waals surface area (Å²) in [4.78, 5) is 3.97. The number of hydrogen-bond acceptors (Lipinski definition) is 3. The van der Waals surface area contributed by atoms with Crippen LogP contribution in [0.15, 0.2) is 4.73 Å². The van der Waals surface area contributed by atoms with Crippen LogP contribution < -0.4 is 5.73 Å². The second kappa shape index (κ2) is 5.77. The van der Waals surface area contributed by atoms with E-state index in [1.54, 1.807) is 11.7 Å². The van der Waals surface area contributed by atoms with E-state index in [2.05, 4.69) is 26.0 Å². The normalized spacial score (nSPS) is 8.27. The molecule has 0 aromatic carbocycles. The van der Waals surface area contributed by atoms with E-state index < -0.39 is 0 Å². The number of rotatable bonds is 1. The fourth-order valence-corrected chi connectivity index (χ4v) is 0.786. The highest BCUT2D eigenvalue weighted by molar-refractivity contribution is 9.10. The molecule has 1 heterocycles. The SMILES string of the molecule is Cl.Cl.Cn1nc(CN)nc1Br. The van der Waals surface area contributed by atoms with Crippen LogP contribution in [0.2, 0.25) is 0 Å². The predicted molar refractivity (Wildman–Crippen MR) is 51.1 cm³/mol. The van der Waals surface area contributed by atoms with E-state index in [0.29, 0.717) is 17.1 Å². The van der Waals surface area contributed by atoms with Crippen molar-refractivity contribution >= 4 is 40.7 Å². The molecule has 2 N–H and O–H groups in total. The lowest BCUT2D eigenvalue weighted by Crippen LogP contribution is -1.99. The summed E-state index contributed by atoms with van der Waals surface area (Å²) in [6.07, 6.45) is 0. The van der Waals surface area contributed by atoms with Crippen molar-refractivity contribution in [3.63, 3.8) is 0 Å². The Morgan fingerprint density at radius 2 is 2.09 bits per heavy atom. The number of nitrogens with two attached hydrogens (primary N) is 1. The molecule has 0 bridgehead atoms. The molecule has 0 saturated heterocycles. The maximum absolute atomic E-state index is 5.27. The van der Waals surface area contributed by atoms with Gasteiger partial charge >= 0.3 is 0 Å². The van der Waals surface area contributed by atoms with Crippen molar-refractivity contribution in [2.75, 3.05) is 0 Å². The zero-order chi connectivity index (χ0) is 6.85. The molecule has 0 amide bonds. The van der Waals surface area contributed by atoms with Gasteiger partial charge in [0.25, 0.3) is 0 Å². The molecule has 0 spiro atoms. The van der Waals surface area contributed by atoms with Gasteiger partial charge in [-0.15, -0.1) is 24.8 Å². The van der Waals surface area contributed by atoms with Gasteiger partial charge in [0.05, 0.1) is 6.54 Å². The molecule has 1 aromatic heterocycles. The molecule has 1 aromatic rings. The minimum atomic E-state index is 0. The molecule has 1 rings (SSSR count). The van der Waals surface area contributed by atoms with Crippen LogP contribution >= 0.6 is 40.7 Å². The van der Waals surface area contributed by atoms with Gasteiger partial charge in [-0.25, -0.2) is 9.67 Å². The topological polar surface area (TPSA) is 56.7 Å². The lowest BCUT2D eigenvalue weighted by Gasteiger charge is -1.83. The number of aromatic nitrogens is 3.